The molecule has 1 heterocycles. The van der Waals surface area contributed by atoms with Crippen molar-refractivity contribution in [2.24, 2.45) is 0 Å². The summed E-state index contributed by atoms with van der Waals surface area (Å²) < 4.78 is 7.28. The zero-order valence-corrected chi connectivity index (χ0v) is 17.6. The molecule has 1 atom stereocenters. The van der Waals surface area contributed by atoms with Crippen LogP contribution in [0.25, 0.3) is 5.69 Å². The van der Waals surface area contributed by atoms with Gasteiger partial charge in [-0.15, -0.1) is 0 Å². The van der Waals surface area contributed by atoms with Gasteiger partial charge in [0, 0.05) is 17.8 Å². The van der Waals surface area contributed by atoms with Crippen molar-refractivity contribution in [2.75, 3.05) is 19.5 Å². The van der Waals surface area contributed by atoms with Gasteiger partial charge < -0.3 is 10.1 Å². The second kappa shape index (κ2) is 8.92. The van der Waals surface area contributed by atoms with Gasteiger partial charge in [-0.1, -0.05) is 30.3 Å². The zero-order valence-electron chi connectivity index (χ0n) is 17.6. The lowest BCUT2D eigenvalue weighted by atomic mass is 10.1. The number of hydrogen-bond acceptors (Lipinski definition) is 4. The molecule has 3 aromatic rings. The maximum Gasteiger partial charge on any atom is 0.241 e. The summed E-state index contributed by atoms with van der Waals surface area (Å²) in [4.78, 5) is 14.8. The van der Waals surface area contributed by atoms with Crippen LogP contribution in [-0.2, 0) is 11.3 Å². The van der Waals surface area contributed by atoms with Gasteiger partial charge in [0.1, 0.15) is 5.75 Å². The SMILES string of the molecule is COc1ccccc1NC(=O)[C@H](C)N(C)Cc1c(C)nn(-c2ccccc2)c1C. The minimum atomic E-state index is -0.321. The molecular weight excluding hydrogens is 364 g/mol. The van der Waals surface area contributed by atoms with E-state index in [1.807, 2.05) is 85.1 Å². The Hall–Kier alpha value is -3.12. The fourth-order valence-electron chi connectivity index (χ4n) is 3.30. The molecule has 0 fully saturated rings. The van der Waals surface area contributed by atoms with Gasteiger partial charge in [-0.25, -0.2) is 4.68 Å². The summed E-state index contributed by atoms with van der Waals surface area (Å²) in [6, 6.07) is 17.2. The fraction of sp³-hybridized carbons (Fsp3) is 0.304. The summed E-state index contributed by atoms with van der Waals surface area (Å²) in [6.45, 7) is 6.60. The number of anilines is 1. The van der Waals surface area contributed by atoms with Crippen molar-refractivity contribution >= 4 is 11.6 Å². The Balaban J connectivity index is 1.73. The van der Waals surface area contributed by atoms with E-state index < -0.39 is 0 Å². The highest BCUT2D eigenvalue weighted by atomic mass is 16.5. The number of aromatic nitrogens is 2. The van der Waals surface area contributed by atoms with E-state index in [0.717, 1.165) is 22.6 Å². The lowest BCUT2D eigenvalue weighted by molar-refractivity contribution is -0.120. The Labute approximate surface area is 172 Å². The van der Waals surface area contributed by atoms with Gasteiger partial charge in [-0.2, -0.15) is 5.10 Å². The van der Waals surface area contributed by atoms with Gasteiger partial charge >= 0.3 is 0 Å². The minimum Gasteiger partial charge on any atom is -0.495 e. The van der Waals surface area contributed by atoms with Crippen molar-refractivity contribution in [3.05, 3.63) is 71.5 Å². The van der Waals surface area contributed by atoms with E-state index in [0.29, 0.717) is 18.0 Å². The summed E-state index contributed by atoms with van der Waals surface area (Å²) in [6.07, 6.45) is 0. The molecule has 1 amide bonds. The van der Waals surface area contributed by atoms with Crippen molar-refractivity contribution < 1.29 is 9.53 Å². The number of nitrogens with one attached hydrogen (secondary N) is 1. The molecule has 0 saturated carbocycles. The molecular formula is C23H28N4O2. The number of ether oxygens (including phenoxy) is 1. The van der Waals surface area contributed by atoms with Crippen molar-refractivity contribution in [1.29, 1.82) is 0 Å². The lowest BCUT2D eigenvalue weighted by Gasteiger charge is -2.24. The topological polar surface area (TPSA) is 59.4 Å². The van der Waals surface area contributed by atoms with Gasteiger partial charge in [-0.05, 0) is 52.1 Å². The molecule has 0 aliphatic heterocycles. The maximum atomic E-state index is 12.8. The predicted molar refractivity (Wildman–Crippen MR) is 116 cm³/mol. The standard InChI is InChI=1S/C23H28N4O2/c1-16-20(17(2)27(25-16)19-11-7-6-8-12-19)15-26(4)18(3)23(28)24-21-13-9-10-14-22(21)29-5/h6-14,18H,15H2,1-5H3,(H,24,28)/t18-/m0/s1. The second-order valence-corrected chi connectivity index (χ2v) is 7.18. The number of rotatable bonds is 7. The highest BCUT2D eigenvalue weighted by molar-refractivity contribution is 5.95. The van der Waals surface area contributed by atoms with Crippen LogP contribution in [0.15, 0.2) is 54.6 Å². The minimum absolute atomic E-state index is 0.0808. The number of nitrogens with zero attached hydrogens (tertiary/aromatic N) is 3. The van der Waals surface area contributed by atoms with E-state index in [4.69, 9.17) is 9.84 Å². The quantitative estimate of drug-likeness (QED) is 0.661. The third kappa shape index (κ3) is 4.49. The summed E-state index contributed by atoms with van der Waals surface area (Å²) >= 11 is 0. The van der Waals surface area contributed by atoms with Crippen molar-refractivity contribution in [2.45, 2.75) is 33.4 Å². The van der Waals surface area contributed by atoms with Gasteiger partial charge in [0.15, 0.2) is 0 Å². The summed E-state index contributed by atoms with van der Waals surface area (Å²) in [7, 11) is 3.54. The first-order chi connectivity index (χ1) is 13.9. The molecule has 3 rings (SSSR count). The molecule has 0 unspecified atom stereocenters. The molecule has 0 bridgehead atoms. The monoisotopic (exact) mass is 392 g/mol. The number of benzene rings is 2. The Morgan fingerprint density at radius 3 is 2.48 bits per heavy atom. The number of methoxy groups -OCH3 is 1. The molecule has 1 aromatic heterocycles. The number of para-hydroxylation sites is 3. The van der Waals surface area contributed by atoms with Crippen LogP contribution in [-0.4, -0.2) is 40.8 Å². The van der Waals surface area contributed by atoms with E-state index >= 15 is 0 Å². The first-order valence-corrected chi connectivity index (χ1v) is 9.67. The molecule has 1 N–H and O–H groups in total. The number of aryl methyl sites for hydroxylation is 1. The normalized spacial score (nSPS) is 12.1. The lowest BCUT2D eigenvalue weighted by Crippen LogP contribution is -2.39. The molecule has 0 saturated heterocycles. The van der Waals surface area contributed by atoms with Crippen LogP contribution in [0, 0.1) is 13.8 Å². The third-order valence-corrected chi connectivity index (χ3v) is 5.25. The van der Waals surface area contributed by atoms with E-state index in [2.05, 4.69) is 12.2 Å². The van der Waals surface area contributed by atoms with Gasteiger partial charge in [-0.3, -0.25) is 9.69 Å². The number of carbonyl (C=O) groups is 1. The van der Waals surface area contributed by atoms with Crippen LogP contribution in [0.1, 0.15) is 23.9 Å². The first kappa shape index (κ1) is 20.6. The Morgan fingerprint density at radius 2 is 1.79 bits per heavy atom. The Morgan fingerprint density at radius 1 is 1.14 bits per heavy atom. The highest BCUT2D eigenvalue weighted by Gasteiger charge is 2.22. The highest BCUT2D eigenvalue weighted by Crippen LogP contribution is 2.24. The number of amides is 1. The maximum absolute atomic E-state index is 12.8. The Bertz CT molecular complexity index is 982. The van der Waals surface area contributed by atoms with Crippen molar-refractivity contribution in [1.82, 2.24) is 14.7 Å². The number of hydrogen-bond donors (Lipinski definition) is 1. The van der Waals surface area contributed by atoms with E-state index in [1.165, 1.54) is 0 Å². The average molecular weight is 393 g/mol. The number of likely N-dealkylation sites (N-methyl/N-ethyl adjacent to an activating group) is 1. The molecule has 0 spiro atoms. The summed E-state index contributed by atoms with van der Waals surface area (Å²) in [5, 5.41) is 7.66. The molecule has 6 nitrogen and oxygen atoms in total. The van der Waals surface area contributed by atoms with Crippen LogP contribution in [0.4, 0.5) is 5.69 Å². The fourth-order valence-corrected chi connectivity index (χ4v) is 3.30. The summed E-state index contributed by atoms with van der Waals surface area (Å²) in [5.41, 5.74) is 4.88. The molecule has 2 aromatic carbocycles. The Kier molecular flexibility index (Phi) is 6.34. The van der Waals surface area contributed by atoms with Crippen molar-refractivity contribution in [3.8, 4) is 11.4 Å². The van der Waals surface area contributed by atoms with Crippen LogP contribution in [0.3, 0.4) is 0 Å². The average Bonchev–Trinajstić information content (AvgIpc) is 3.02. The predicted octanol–water partition coefficient (Wildman–Crippen LogP) is 3.96. The molecule has 29 heavy (non-hydrogen) atoms. The van der Waals surface area contributed by atoms with E-state index in [9.17, 15) is 4.79 Å². The third-order valence-electron chi connectivity index (χ3n) is 5.25. The largest absolute Gasteiger partial charge is 0.495 e. The second-order valence-electron chi connectivity index (χ2n) is 7.18. The molecule has 0 radical (unpaired) electrons. The zero-order chi connectivity index (χ0) is 21.0. The van der Waals surface area contributed by atoms with Crippen LogP contribution < -0.4 is 10.1 Å². The van der Waals surface area contributed by atoms with E-state index in [-0.39, 0.29) is 11.9 Å². The molecule has 0 aliphatic carbocycles. The van der Waals surface area contributed by atoms with Crippen molar-refractivity contribution in [3.63, 3.8) is 0 Å². The first-order valence-electron chi connectivity index (χ1n) is 9.67. The van der Waals surface area contributed by atoms with Crippen LogP contribution >= 0.6 is 0 Å². The smallest absolute Gasteiger partial charge is 0.241 e. The van der Waals surface area contributed by atoms with E-state index in [1.54, 1.807) is 7.11 Å². The summed E-state index contributed by atoms with van der Waals surface area (Å²) in [5.74, 6) is 0.564. The molecule has 152 valence electrons. The van der Waals surface area contributed by atoms with Gasteiger partial charge in [0.05, 0.1) is 30.2 Å². The van der Waals surface area contributed by atoms with Crippen LogP contribution in [0.2, 0.25) is 0 Å². The van der Waals surface area contributed by atoms with Gasteiger partial charge in [0.25, 0.3) is 0 Å². The molecule has 0 aliphatic rings. The van der Waals surface area contributed by atoms with Gasteiger partial charge in [0.2, 0.25) is 5.91 Å². The number of carbonyl (C=O) groups excluding carboxylic acids is 1. The van der Waals surface area contributed by atoms with Crippen LogP contribution in [0.5, 0.6) is 5.75 Å². The molecule has 6 heteroatoms.